The fourth-order valence-electron chi connectivity index (χ4n) is 1.86. The zero-order valence-corrected chi connectivity index (χ0v) is 11.3. The average Bonchev–Trinajstić information content (AvgIpc) is 2.76. The SMILES string of the molecule is CCc1cc(COc2cccc(F)c2C(=O)O)n(C)n1. The van der Waals surface area contributed by atoms with Gasteiger partial charge in [-0.05, 0) is 24.6 Å². The predicted octanol–water partition coefficient (Wildman–Crippen LogP) is 2.40. The van der Waals surface area contributed by atoms with E-state index in [1.807, 2.05) is 13.0 Å². The minimum Gasteiger partial charge on any atom is -0.486 e. The van der Waals surface area contributed by atoms with Gasteiger partial charge in [0.2, 0.25) is 0 Å². The minimum absolute atomic E-state index is 0.0109. The van der Waals surface area contributed by atoms with Crippen molar-refractivity contribution in [1.82, 2.24) is 9.78 Å². The van der Waals surface area contributed by atoms with Crippen LogP contribution in [0.4, 0.5) is 4.39 Å². The molecule has 6 heteroatoms. The van der Waals surface area contributed by atoms with Crippen molar-refractivity contribution in [2.75, 3.05) is 0 Å². The zero-order chi connectivity index (χ0) is 14.7. The number of carboxylic acid groups (broad SMARTS) is 1. The second-order valence-corrected chi connectivity index (χ2v) is 4.31. The molecule has 0 saturated carbocycles. The van der Waals surface area contributed by atoms with E-state index >= 15 is 0 Å². The molecule has 0 unspecified atom stereocenters. The molecular formula is C14H15FN2O3. The van der Waals surface area contributed by atoms with Crippen molar-refractivity contribution in [3.8, 4) is 5.75 Å². The van der Waals surface area contributed by atoms with Crippen LogP contribution in [0, 0.1) is 5.82 Å². The molecule has 1 aromatic heterocycles. The molecule has 0 aliphatic carbocycles. The Balaban J connectivity index is 2.20. The van der Waals surface area contributed by atoms with E-state index in [1.54, 1.807) is 11.7 Å². The van der Waals surface area contributed by atoms with Crippen molar-refractivity contribution in [2.45, 2.75) is 20.0 Å². The first-order valence-electron chi connectivity index (χ1n) is 6.19. The first-order valence-corrected chi connectivity index (χ1v) is 6.19. The Morgan fingerprint density at radius 3 is 2.85 bits per heavy atom. The lowest BCUT2D eigenvalue weighted by Gasteiger charge is -2.09. The predicted molar refractivity (Wildman–Crippen MR) is 70.3 cm³/mol. The van der Waals surface area contributed by atoms with Crippen molar-refractivity contribution in [2.24, 2.45) is 7.05 Å². The van der Waals surface area contributed by atoms with Gasteiger partial charge in [0.1, 0.15) is 23.7 Å². The Labute approximate surface area is 115 Å². The van der Waals surface area contributed by atoms with Crippen LogP contribution in [0.5, 0.6) is 5.75 Å². The number of aryl methyl sites for hydroxylation is 2. The smallest absolute Gasteiger partial charge is 0.342 e. The summed E-state index contributed by atoms with van der Waals surface area (Å²) in [6, 6.07) is 5.82. The second-order valence-electron chi connectivity index (χ2n) is 4.31. The molecule has 2 rings (SSSR count). The first kappa shape index (κ1) is 14.0. The molecule has 20 heavy (non-hydrogen) atoms. The quantitative estimate of drug-likeness (QED) is 0.912. The average molecular weight is 278 g/mol. The summed E-state index contributed by atoms with van der Waals surface area (Å²) >= 11 is 0. The number of aromatic carboxylic acids is 1. The van der Waals surface area contributed by atoms with E-state index in [2.05, 4.69) is 5.10 Å². The van der Waals surface area contributed by atoms with Crippen LogP contribution >= 0.6 is 0 Å². The molecule has 5 nitrogen and oxygen atoms in total. The molecule has 2 aromatic rings. The summed E-state index contributed by atoms with van der Waals surface area (Å²) in [5.41, 5.74) is 1.26. The summed E-state index contributed by atoms with van der Waals surface area (Å²) in [6.07, 6.45) is 0.800. The Morgan fingerprint density at radius 1 is 1.50 bits per heavy atom. The summed E-state index contributed by atoms with van der Waals surface area (Å²) in [7, 11) is 1.78. The lowest BCUT2D eigenvalue weighted by Crippen LogP contribution is -2.08. The third kappa shape index (κ3) is 2.79. The summed E-state index contributed by atoms with van der Waals surface area (Å²) in [5.74, 6) is -2.15. The Morgan fingerprint density at radius 2 is 2.25 bits per heavy atom. The van der Waals surface area contributed by atoms with Crippen LogP contribution in [-0.2, 0) is 20.1 Å². The number of nitrogens with zero attached hydrogens (tertiary/aromatic N) is 2. The van der Waals surface area contributed by atoms with E-state index in [1.165, 1.54) is 12.1 Å². The fourth-order valence-corrected chi connectivity index (χ4v) is 1.86. The van der Waals surface area contributed by atoms with Gasteiger partial charge in [-0.1, -0.05) is 13.0 Å². The molecule has 1 N–H and O–H groups in total. The number of ether oxygens (including phenoxy) is 1. The second kappa shape index (κ2) is 5.73. The minimum atomic E-state index is -1.35. The van der Waals surface area contributed by atoms with Gasteiger partial charge in [0.15, 0.2) is 0 Å². The number of rotatable bonds is 5. The van der Waals surface area contributed by atoms with Gasteiger partial charge in [-0.2, -0.15) is 5.10 Å². The summed E-state index contributed by atoms with van der Waals surface area (Å²) in [6.45, 7) is 2.12. The molecule has 0 saturated heterocycles. The van der Waals surface area contributed by atoms with E-state index in [0.717, 1.165) is 23.9 Å². The van der Waals surface area contributed by atoms with Gasteiger partial charge >= 0.3 is 5.97 Å². The van der Waals surface area contributed by atoms with E-state index in [4.69, 9.17) is 9.84 Å². The largest absolute Gasteiger partial charge is 0.486 e. The van der Waals surface area contributed by atoms with E-state index in [9.17, 15) is 9.18 Å². The van der Waals surface area contributed by atoms with Gasteiger partial charge in [-0.15, -0.1) is 0 Å². The maximum atomic E-state index is 13.5. The van der Waals surface area contributed by atoms with Crippen molar-refractivity contribution in [3.63, 3.8) is 0 Å². The summed E-state index contributed by atoms with van der Waals surface area (Å²) < 4.78 is 20.6. The molecule has 0 aliphatic heterocycles. The van der Waals surface area contributed by atoms with Crippen LogP contribution in [0.25, 0.3) is 0 Å². The highest BCUT2D eigenvalue weighted by Crippen LogP contribution is 2.22. The van der Waals surface area contributed by atoms with Crippen LogP contribution in [0.15, 0.2) is 24.3 Å². The van der Waals surface area contributed by atoms with Crippen molar-refractivity contribution >= 4 is 5.97 Å². The molecular weight excluding hydrogens is 263 g/mol. The Bertz CT molecular complexity index is 637. The molecule has 0 aliphatic rings. The maximum absolute atomic E-state index is 13.5. The highest BCUT2D eigenvalue weighted by molar-refractivity contribution is 5.91. The van der Waals surface area contributed by atoms with Crippen LogP contribution in [-0.4, -0.2) is 20.9 Å². The highest BCUT2D eigenvalue weighted by Gasteiger charge is 2.17. The number of hydrogen-bond acceptors (Lipinski definition) is 3. The van der Waals surface area contributed by atoms with Crippen LogP contribution in [0.3, 0.4) is 0 Å². The van der Waals surface area contributed by atoms with Crippen LogP contribution in [0.2, 0.25) is 0 Å². The number of carboxylic acids is 1. The summed E-state index contributed by atoms with van der Waals surface area (Å²) in [4.78, 5) is 11.0. The standard InChI is InChI=1S/C14H15FN2O3/c1-3-9-7-10(17(2)16-9)8-20-12-6-4-5-11(15)13(12)14(18)19/h4-7H,3,8H2,1-2H3,(H,18,19). The third-order valence-corrected chi connectivity index (χ3v) is 2.95. The molecule has 1 heterocycles. The maximum Gasteiger partial charge on any atom is 0.342 e. The van der Waals surface area contributed by atoms with E-state index in [0.29, 0.717) is 0 Å². The molecule has 0 amide bonds. The number of aromatic nitrogens is 2. The molecule has 0 spiro atoms. The van der Waals surface area contributed by atoms with E-state index in [-0.39, 0.29) is 12.4 Å². The fraction of sp³-hybridized carbons (Fsp3) is 0.286. The monoisotopic (exact) mass is 278 g/mol. The zero-order valence-electron chi connectivity index (χ0n) is 11.3. The third-order valence-electron chi connectivity index (χ3n) is 2.95. The van der Waals surface area contributed by atoms with Gasteiger partial charge in [0, 0.05) is 7.05 Å². The van der Waals surface area contributed by atoms with Gasteiger partial charge in [0.25, 0.3) is 0 Å². The lowest BCUT2D eigenvalue weighted by atomic mass is 10.2. The van der Waals surface area contributed by atoms with Crippen LogP contribution < -0.4 is 4.74 Å². The molecule has 0 bridgehead atoms. The number of benzene rings is 1. The van der Waals surface area contributed by atoms with Gasteiger partial charge in [0.05, 0.1) is 11.4 Å². The normalized spacial score (nSPS) is 10.6. The molecule has 0 fully saturated rings. The van der Waals surface area contributed by atoms with Crippen LogP contribution in [0.1, 0.15) is 28.7 Å². The number of hydrogen-bond donors (Lipinski definition) is 1. The highest BCUT2D eigenvalue weighted by atomic mass is 19.1. The topological polar surface area (TPSA) is 64.3 Å². The lowest BCUT2D eigenvalue weighted by molar-refractivity contribution is 0.0686. The van der Waals surface area contributed by atoms with Gasteiger partial charge in [-0.25, -0.2) is 9.18 Å². The number of carbonyl (C=O) groups is 1. The molecule has 106 valence electrons. The molecule has 0 atom stereocenters. The van der Waals surface area contributed by atoms with Gasteiger partial charge < -0.3 is 9.84 Å². The summed E-state index contributed by atoms with van der Waals surface area (Å²) in [5, 5.41) is 13.3. The molecule has 0 radical (unpaired) electrons. The van der Waals surface area contributed by atoms with Crippen molar-refractivity contribution in [3.05, 3.63) is 47.0 Å². The Hall–Kier alpha value is -2.37. The number of halogens is 1. The van der Waals surface area contributed by atoms with Crippen molar-refractivity contribution < 1.29 is 19.0 Å². The Kier molecular flexibility index (Phi) is 4.02. The first-order chi connectivity index (χ1) is 9.52. The van der Waals surface area contributed by atoms with E-state index < -0.39 is 17.3 Å². The van der Waals surface area contributed by atoms with Crippen molar-refractivity contribution in [1.29, 1.82) is 0 Å². The molecule has 1 aromatic carbocycles. The van der Waals surface area contributed by atoms with Gasteiger partial charge in [-0.3, -0.25) is 4.68 Å².